The van der Waals surface area contributed by atoms with Crippen LogP contribution in [0.2, 0.25) is 0 Å². The fourth-order valence-corrected chi connectivity index (χ4v) is 5.79. The van der Waals surface area contributed by atoms with Crippen LogP contribution < -0.4 is 0 Å². The van der Waals surface area contributed by atoms with E-state index in [2.05, 4.69) is 25.9 Å². The Bertz CT molecular complexity index is 1370. The standard InChI is InChI=1S/C29H31F2N5O/c1-21(29(31)10-15-34(16-11-29)19-22-9-17-37-20-22)35-13-7-24(8-14-35)36-27-6-5-23(30)18-26(27)33-28(36)25-4-2-3-12-32-25/h2-6,9,12,17-18,20,24H,1,7-8,10-11,13-16,19H2. The number of nitrogens with zero attached hydrogens (tertiary/aromatic N) is 5. The Kier molecular flexibility index (Phi) is 6.28. The summed E-state index contributed by atoms with van der Waals surface area (Å²) in [5, 5.41) is 0. The van der Waals surface area contributed by atoms with Crippen molar-refractivity contribution >= 4 is 11.0 Å². The lowest BCUT2D eigenvalue weighted by atomic mass is 9.88. The number of likely N-dealkylation sites (tertiary alicyclic amines) is 2. The number of pyridine rings is 1. The first kappa shape index (κ1) is 23.9. The van der Waals surface area contributed by atoms with Gasteiger partial charge in [0.25, 0.3) is 0 Å². The number of furan rings is 1. The summed E-state index contributed by atoms with van der Waals surface area (Å²) in [6, 6.07) is 12.6. The molecule has 2 saturated heterocycles. The van der Waals surface area contributed by atoms with E-state index in [4.69, 9.17) is 9.40 Å². The number of aromatic nitrogens is 3. The average molecular weight is 504 g/mol. The van der Waals surface area contributed by atoms with Crippen LogP contribution in [-0.2, 0) is 6.54 Å². The third kappa shape index (κ3) is 4.66. The SMILES string of the molecule is C=C(N1CCC(n2c(-c3ccccn3)nc3cc(F)ccc32)CC1)C1(F)CCN(Cc2ccoc2)CC1. The predicted molar refractivity (Wildman–Crippen MR) is 139 cm³/mol. The molecule has 3 aromatic heterocycles. The normalized spacial score (nSPS) is 18.9. The van der Waals surface area contributed by atoms with Gasteiger partial charge in [0, 0.05) is 62.3 Å². The van der Waals surface area contributed by atoms with E-state index < -0.39 is 5.67 Å². The maximum absolute atomic E-state index is 16.1. The molecular formula is C29H31F2N5O. The zero-order valence-electron chi connectivity index (χ0n) is 20.8. The van der Waals surface area contributed by atoms with Crippen molar-refractivity contribution in [1.82, 2.24) is 24.3 Å². The summed E-state index contributed by atoms with van der Waals surface area (Å²) in [7, 11) is 0. The highest BCUT2D eigenvalue weighted by Crippen LogP contribution is 2.39. The van der Waals surface area contributed by atoms with Crippen LogP contribution in [0.15, 0.2) is 77.9 Å². The number of imidazole rings is 1. The fraction of sp³-hybridized carbons (Fsp3) is 0.379. The van der Waals surface area contributed by atoms with Crippen LogP contribution in [0.1, 0.15) is 37.3 Å². The maximum Gasteiger partial charge on any atom is 0.160 e. The molecular weight excluding hydrogens is 472 g/mol. The number of hydrogen-bond acceptors (Lipinski definition) is 5. The minimum Gasteiger partial charge on any atom is -0.472 e. The van der Waals surface area contributed by atoms with Crippen molar-refractivity contribution in [3.05, 3.63) is 84.8 Å². The average Bonchev–Trinajstić information content (AvgIpc) is 3.58. The van der Waals surface area contributed by atoms with Crippen molar-refractivity contribution in [2.45, 2.75) is 43.9 Å². The van der Waals surface area contributed by atoms with Gasteiger partial charge in [-0.05, 0) is 56.0 Å². The monoisotopic (exact) mass is 503 g/mol. The molecule has 0 saturated carbocycles. The zero-order valence-corrected chi connectivity index (χ0v) is 20.8. The van der Waals surface area contributed by atoms with Gasteiger partial charge in [-0.2, -0.15) is 0 Å². The first-order valence-electron chi connectivity index (χ1n) is 13.0. The minimum absolute atomic E-state index is 0.156. The lowest BCUT2D eigenvalue weighted by Gasteiger charge is -2.44. The molecule has 2 aliphatic heterocycles. The molecule has 0 unspecified atom stereocenters. The summed E-state index contributed by atoms with van der Waals surface area (Å²) in [4.78, 5) is 13.7. The summed E-state index contributed by atoms with van der Waals surface area (Å²) in [5.74, 6) is 0.435. The van der Waals surface area contributed by atoms with Crippen LogP contribution in [0.25, 0.3) is 22.6 Å². The molecule has 0 bridgehead atoms. The Hall–Kier alpha value is -3.52. The van der Waals surface area contributed by atoms with Crippen molar-refractivity contribution in [2.24, 2.45) is 0 Å². The number of benzene rings is 1. The summed E-state index contributed by atoms with van der Waals surface area (Å²) in [5.41, 5.74) is 2.63. The molecule has 0 N–H and O–H groups in total. The van der Waals surface area contributed by atoms with Crippen molar-refractivity contribution in [3.63, 3.8) is 0 Å². The number of hydrogen-bond donors (Lipinski definition) is 0. The predicted octanol–water partition coefficient (Wildman–Crippen LogP) is 5.99. The smallest absolute Gasteiger partial charge is 0.160 e. The van der Waals surface area contributed by atoms with Gasteiger partial charge in [-0.15, -0.1) is 0 Å². The molecule has 0 radical (unpaired) electrons. The van der Waals surface area contributed by atoms with Crippen LogP contribution in [0.5, 0.6) is 0 Å². The number of halogens is 2. The molecule has 192 valence electrons. The largest absolute Gasteiger partial charge is 0.472 e. The third-order valence-electron chi connectivity index (χ3n) is 7.91. The molecule has 5 heterocycles. The summed E-state index contributed by atoms with van der Waals surface area (Å²) >= 11 is 0. The van der Waals surface area contributed by atoms with Crippen LogP contribution in [0, 0.1) is 5.82 Å². The van der Waals surface area contributed by atoms with Gasteiger partial charge >= 0.3 is 0 Å². The van der Waals surface area contributed by atoms with Gasteiger partial charge < -0.3 is 13.9 Å². The van der Waals surface area contributed by atoms with E-state index in [1.807, 2.05) is 24.3 Å². The fourth-order valence-electron chi connectivity index (χ4n) is 5.79. The highest BCUT2D eigenvalue weighted by atomic mass is 19.1. The molecule has 1 aromatic carbocycles. The highest BCUT2D eigenvalue weighted by Gasteiger charge is 2.40. The first-order valence-corrected chi connectivity index (χ1v) is 13.0. The highest BCUT2D eigenvalue weighted by molar-refractivity contribution is 5.80. The van der Waals surface area contributed by atoms with E-state index in [1.54, 1.807) is 24.8 Å². The molecule has 0 atom stereocenters. The Morgan fingerprint density at radius 1 is 1.08 bits per heavy atom. The summed E-state index contributed by atoms with van der Waals surface area (Å²) < 4.78 is 37.4. The van der Waals surface area contributed by atoms with Gasteiger partial charge in [0.05, 0.1) is 23.6 Å². The Morgan fingerprint density at radius 2 is 1.89 bits per heavy atom. The molecule has 8 heteroatoms. The van der Waals surface area contributed by atoms with Crippen LogP contribution in [-0.4, -0.2) is 56.2 Å². The van der Waals surface area contributed by atoms with Crippen molar-refractivity contribution in [2.75, 3.05) is 26.2 Å². The van der Waals surface area contributed by atoms with E-state index in [-0.39, 0.29) is 11.9 Å². The zero-order chi connectivity index (χ0) is 25.4. The van der Waals surface area contributed by atoms with Gasteiger partial charge in [-0.1, -0.05) is 12.6 Å². The van der Waals surface area contributed by atoms with Gasteiger partial charge in [-0.3, -0.25) is 9.88 Å². The maximum atomic E-state index is 16.1. The topological polar surface area (TPSA) is 50.3 Å². The molecule has 4 aromatic rings. The Labute approximate surface area is 215 Å². The van der Waals surface area contributed by atoms with Crippen molar-refractivity contribution in [3.8, 4) is 11.5 Å². The molecule has 37 heavy (non-hydrogen) atoms. The Morgan fingerprint density at radius 3 is 2.59 bits per heavy atom. The third-order valence-corrected chi connectivity index (χ3v) is 7.91. The summed E-state index contributed by atoms with van der Waals surface area (Å²) in [6.07, 6.45) is 7.71. The molecule has 2 fully saturated rings. The number of fused-ring (bicyclic) bond motifs is 1. The molecule has 6 rings (SSSR count). The van der Waals surface area contributed by atoms with E-state index in [0.717, 1.165) is 55.1 Å². The van der Waals surface area contributed by atoms with E-state index in [1.165, 1.54) is 12.1 Å². The second kappa shape index (κ2) is 9.74. The summed E-state index contributed by atoms with van der Waals surface area (Å²) in [6.45, 7) is 7.85. The number of allylic oxidation sites excluding steroid dienone is 1. The van der Waals surface area contributed by atoms with Crippen LogP contribution in [0.3, 0.4) is 0 Å². The van der Waals surface area contributed by atoms with Crippen molar-refractivity contribution < 1.29 is 13.2 Å². The molecule has 0 amide bonds. The van der Waals surface area contributed by atoms with Crippen LogP contribution >= 0.6 is 0 Å². The van der Waals surface area contributed by atoms with E-state index in [0.29, 0.717) is 37.1 Å². The van der Waals surface area contributed by atoms with Gasteiger partial charge in [0.15, 0.2) is 11.5 Å². The lowest BCUT2D eigenvalue weighted by Crippen LogP contribution is -2.47. The second-order valence-corrected chi connectivity index (χ2v) is 10.2. The lowest BCUT2D eigenvalue weighted by molar-refractivity contribution is 0.0522. The Balaban J connectivity index is 1.15. The molecule has 2 aliphatic rings. The molecule has 0 spiro atoms. The minimum atomic E-state index is -1.38. The molecule has 6 nitrogen and oxygen atoms in total. The van der Waals surface area contributed by atoms with Gasteiger partial charge in [0.1, 0.15) is 11.5 Å². The number of rotatable bonds is 6. The second-order valence-electron chi connectivity index (χ2n) is 10.2. The first-order chi connectivity index (χ1) is 18.0. The molecule has 0 aliphatic carbocycles. The number of alkyl halides is 1. The van der Waals surface area contributed by atoms with Crippen molar-refractivity contribution in [1.29, 1.82) is 0 Å². The number of piperidine rings is 2. The van der Waals surface area contributed by atoms with Gasteiger partial charge in [-0.25, -0.2) is 13.8 Å². The van der Waals surface area contributed by atoms with E-state index in [9.17, 15) is 4.39 Å². The van der Waals surface area contributed by atoms with Gasteiger partial charge in [0.2, 0.25) is 0 Å². The van der Waals surface area contributed by atoms with Crippen LogP contribution in [0.4, 0.5) is 8.78 Å². The quantitative estimate of drug-likeness (QED) is 0.324. The van der Waals surface area contributed by atoms with E-state index >= 15 is 4.39 Å².